The summed E-state index contributed by atoms with van der Waals surface area (Å²) in [4.78, 5) is 4.59. The molecule has 0 atom stereocenters. The van der Waals surface area contributed by atoms with Crippen molar-refractivity contribution in [2.45, 2.75) is 20.5 Å². The van der Waals surface area contributed by atoms with Gasteiger partial charge >= 0.3 is 0 Å². The van der Waals surface area contributed by atoms with E-state index in [9.17, 15) is 0 Å². The van der Waals surface area contributed by atoms with E-state index >= 15 is 0 Å². The second kappa shape index (κ2) is 3.51. The highest BCUT2D eigenvalue weighted by Gasteiger charge is 1.99. The van der Waals surface area contributed by atoms with E-state index in [1.165, 1.54) is 16.7 Å². The van der Waals surface area contributed by atoms with Crippen molar-refractivity contribution in [3.63, 3.8) is 0 Å². The molecule has 0 aliphatic heterocycles. The van der Waals surface area contributed by atoms with Gasteiger partial charge in [0.1, 0.15) is 0 Å². The van der Waals surface area contributed by atoms with Crippen LogP contribution in [0.4, 0.5) is 0 Å². The lowest BCUT2D eigenvalue weighted by Gasteiger charge is -2.06. The van der Waals surface area contributed by atoms with Crippen LogP contribution in [0.1, 0.15) is 16.7 Å². The van der Waals surface area contributed by atoms with Gasteiger partial charge in [-0.15, -0.1) is 0 Å². The van der Waals surface area contributed by atoms with E-state index in [4.69, 9.17) is 5.90 Å². The molecule has 1 aromatic carbocycles. The number of hydrogen-bond acceptors (Lipinski definition) is 2. The van der Waals surface area contributed by atoms with Gasteiger partial charge < -0.3 is 0 Å². The number of hydrogen-bond donors (Lipinski definition) is 1. The highest BCUT2D eigenvalue weighted by molar-refractivity contribution is 5.32. The molecule has 2 N–H and O–H groups in total. The maximum atomic E-state index is 5.00. The molecule has 0 saturated carbocycles. The minimum absolute atomic E-state index is 0.499. The average Bonchev–Trinajstić information content (AvgIpc) is 1.97. The fourth-order valence-electron chi connectivity index (χ4n) is 1.16. The first-order valence-corrected chi connectivity index (χ1v) is 3.62. The minimum Gasteiger partial charge on any atom is -0.300 e. The second-order valence-corrected chi connectivity index (χ2v) is 2.68. The standard InChI is InChI=1S/C9H13NO/c1-7-4-3-5-8(2)9(7)6-11-10/h3-5H,6,10H2,1-2H3. The molecule has 0 fully saturated rings. The highest BCUT2D eigenvalue weighted by atomic mass is 16.6. The maximum absolute atomic E-state index is 5.00. The minimum atomic E-state index is 0.499. The van der Waals surface area contributed by atoms with Crippen molar-refractivity contribution in [3.05, 3.63) is 34.9 Å². The van der Waals surface area contributed by atoms with Crippen LogP contribution >= 0.6 is 0 Å². The maximum Gasteiger partial charge on any atom is 0.0935 e. The fourth-order valence-corrected chi connectivity index (χ4v) is 1.16. The van der Waals surface area contributed by atoms with Crippen molar-refractivity contribution >= 4 is 0 Å². The average molecular weight is 151 g/mol. The summed E-state index contributed by atoms with van der Waals surface area (Å²) in [6.45, 7) is 4.61. The lowest BCUT2D eigenvalue weighted by atomic mass is 10.0. The summed E-state index contributed by atoms with van der Waals surface area (Å²) >= 11 is 0. The molecule has 1 aromatic rings. The van der Waals surface area contributed by atoms with E-state index in [2.05, 4.69) is 30.8 Å². The van der Waals surface area contributed by atoms with Gasteiger partial charge in [-0.2, -0.15) is 0 Å². The third-order valence-corrected chi connectivity index (χ3v) is 1.87. The van der Waals surface area contributed by atoms with Crippen molar-refractivity contribution in [1.82, 2.24) is 0 Å². The molecule has 0 amide bonds. The van der Waals surface area contributed by atoms with Crippen LogP contribution in [-0.2, 0) is 11.4 Å². The molecule has 0 bridgehead atoms. The first kappa shape index (κ1) is 8.24. The Morgan fingerprint density at radius 2 is 1.82 bits per heavy atom. The first-order valence-electron chi connectivity index (χ1n) is 3.62. The SMILES string of the molecule is Cc1cccc(C)c1CON. The summed E-state index contributed by atoms with van der Waals surface area (Å²) < 4.78 is 0. The van der Waals surface area contributed by atoms with Gasteiger partial charge in [-0.1, -0.05) is 18.2 Å². The van der Waals surface area contributed by atoms with E-state index in [0.717, 1.165) is 0 Å². The van der Waals surface area contributed by atoms with E-state index in [0.29, 0.717) is 6.61 Å². The number of nitrogens with two attached hydrogens (primary N) is 1. The van der Waals surface area contributed by atoms with Gasteiger partial charge in [0.25, 0.3) is 0 Å². The Bertz CT molecular complexity index is 225. The van der Waals surface area contributed by atoms with Crippen molar-refractivity contribution < 1.29 is 4.84 Å². The van der Waals surface area contributed by atoms with Gasteiger partial charge in [0, 0.05) is 0 Å². The summed E-state index contributed by atoms with van der Waals surface area (Å²) in [7, 11) is 0. The van der Waals surface area contributed by atoms with Crippen LogP contribution < -0.4 is 5.90 Å². The number of aryl methyl sites for hydroxylation is 2. The zero-order valence-electron chi connectivity index (χ0n) is 6.92. The third kappa shape index (κ3) is 1.79. The Kier molecular flexibility index (Phi) is 2.63. The van der Waals surface area contributed by atoms with Gasteiger partial charge in [-0.25, -0.2) is 5.90 Å². The third-order valence-electron chi connectivity index (χ3n) is 1.87. The van der Waals surface area contributed by atoms with Gasteiger partial charge in [0.05, 0.1) is 6.61 Å². The largest absolute Gasteiger partial charge is 0.300 e. The fraction of sp³-hybridized carbons (Fsp3) is 0.333. The molecule has 1 rings (SSSR count). The number of benzene rings is 1. The second-order valence-electron chi connectivity index (χ2n) is 2.68. The quantitative estimate of drug-likeness (QED) is 0.653. The van der Waals surface area contributed by atoms with Gasteiger partial charge in [-0.3, -0.25) is 4.84 Å². The van der Waals surface area contributed by atoms with Gasteiger partial charge in [0.2, 0.25) is 0 Å². The molecule has 0 aliphatic rings. The van der Waals surface area contributed by atoms with Crippen LogP contribution in [0.25, 0.3) is 0 Å². The highest BCUT2D eigenvalue weighted by Crippen LogP contribution is 2.13. The molecule has 0 spiro atoms. The molecule has 60 valence electrons. The summed E-state index contributed by atoms with van der Waals surface area (Å²) in [5.41, 5.74) is 3.65. The van der Waals surface area contributed by atoms with E-state index in [-0.39, 0.29) is 0 Å². The topological polar surface area (TPSA) is 35.2 Å². The zero-order chi connectivity index (χ0) is 8.27. The van der Waals surface area contributed by atoms with Crippen molar-refractivity contribution in [2.24, 2.45) is 5.90 Å². The smallest absolute Gasteiger partial charge is 0.0935 e. The Morgan fingerprint density at radius 1 is 1.27 bits per heavy atom. The van der Waals surface area contributed by atoms with Gasteiger partial charge in [-0.05, 0) is 30.5 Å². The molecular formula is C9H13NO. The van der Waals surface area contributed by atoms with Crippen molar-refractivity contribution in [1.29, 1.82) is 0 Å². The summed E-state index contributed by atoms with van der Waals surface area (Å²) in [5, 5.41) is 0. The lowest BCUT2D eigenvalue weighted by molar-refractivity contribution is 0.123. The molecule has 11 heavy (non-hydrogen) atoms. The summed E-state index contributed by atoms with van der Waals surface area (Å²) in [6, 6.07) is 6.15. The lowest BCUT2D eigenvalue weighted by Crippen LogP contribution is -2.02. The molecule has 0 saturated heterocycles. The predicted octanol–water partition coefficient (Wildman–Crippen LogP) is 1.69. The van der Waals surface area contributed by atoms with E-state index in [1.807, 2.05) is 6.07 Å². The van der Waals surface area contributed by atoms with E-state index < -0.39 is 0 Å². The molecule has 2 nitrogen and oxygen atoms in total. The Morgan fingerprint density at radius 3 is 2.27 bits per heavy atom. The molecule has 0 aliphatic carbocycles. The van der Waals surface area contributed by atoms with Crippen LogP contribution in [0.2, 0.25) is 0 Å². The van der Waals surface area contributed by atoms with Gasteiger partial charge in [0.15, 0.2) is 0 Å². The molecular weight excluding hydrogens is 138 g/mol. The van der Waals surface area contributed by atoms with Crippen molar-refractivity contribution in [3.8, 4) is 0 Å². The molecule has 0 aromatic heterocycles. The Labute approximate surface area is 66.9 Å². The van der Waals surface area contributed by atoms with Crippen LogP contribution in [0, 0.1) is 13.8 Å². The normalized spacial score (nSPS) is 10.1. The molecule has 0 unspecified atom stereocenters. The summed E-state index contributed by atoms with van der Waals surface area (Å²) in [6.07, 6.45) is 0. The Hall–Kier alpha value is -0.860. The van der Waals surface area contributed by atoms with Crippen molar-refractivity contribution in [2.75, 3.05) is 0 Å². The molecule has 0 heterocycles. The monoisotopic (exact) mass is 151 g/mol. The predicted molar refractivity (Wildman–Crippen MR) is 44.9 cm³/mol. The first-order chi connectivity index (χ1) is 5.25. The molecule has 2 heteroatoms. The summed E-state index contributed by atoms with van der Waals surface area (Å²) in [5.74, 6) is 5.00. The van der Waals surface area contributed by atoms with Crippen LogP contribution in [0.3, 0.4) is 0 Å². The zero-order valence-corrected chi connectivity index (χ0v) is 6.92. The Balaban J connectivity index is 3.00. The van der Waals surface area contributed by atoms with Crippen LogP contribution in [-0.4, -0.2) is 0 Å². The van der Waals surface area contributed by atoms with Crippen LogP contribution in [0.5, 0.6) is 0 Å². The number of rotatable bonds is 2. The van der Waals surface area contributed by atoms with E-state index in [1.54, 1.807) is 0 Å². The molecule has 0 radical (unpaired) electrons. The van der Waals surface area contributed by atoms with Crippen LogP contribution in [0.15, 0.2) is 18.2 Å².